The molecular weight excluding hydrogens is 272 g/mol. The lowest BCUT2D eigenvalue weighted by atomic mass is 9.94. The second-order valence-corrected chi connectivity index (χ2v) is 5.98. The van der Waals surface area contributed by atoms with Crippen molar-refractivity contribution in [1.29, 1.82) is 0 Å². The second kappa shape index (κ2) is 12.0. The van der Waals surface area contributed by atoms with Crippen molar-refractivity contribution in [2.75, 3.05) is 0 Å². The molecule has 1 atom stereocenters. The van der Waals surface area contributed by atoms with E-state index in [1.165, 1.54) is 63.4 Å². The average molecular weight is 302 g/mol. The summed E-state index contributed by atoms with van der Waals surface area (Å²) in [5, 5.41) is 8.48. The van der Waals surface area contributed by atoms with Crippen molar-refractivity contribution in [1.82, 2.24) is 0 Å². The van der Waals surface area contributed by atoms with Gasteiger partial charge in [-0.3, -0.25) is 0 Å². The fourth-order valence-electron chi connectivity index (χ4n) is 2.90. The molecule has 0 aliphatic heterocycles. The largest absolute Gasteiger partial charge is 0.478 e. The van der Waals surface area contributed by atoms with Crippen LogP contribution < -0.4 is 0 Å². The van der Waals surface area contributed by atoms with Crippen LogP contribution in [0.3, 0.4) is 0 Å². The minimum Gasteiger partial charge on any atom is -0.478 e. The normalized spacial score (nSPS) is 18.8. The van der Waals surface area contributed by atoms with Gasteiger partial charge in [-0.25, -0.2) is 4.79 Å². The Kier molecular flexibility index (Phi) is 10.1. The van der Waals surface area contributed by atoms with Crippen LogP contribution >= 0.6 is 0 Å². The molecule has 0 unspecified atom stereocenters. The van der Waals surface area contributed by atoms with Gasteiger partial charge in [0.1, 0.15) is 0 Å². The SMILES string of the molecule is CCCCCCCC[C@H]1CCC=C1C=C/C=C/C=C/C(=O)O. The van der Waals surface area contributed by atoms with Gasteiger partial charge in [0.15, 0.2) is 0 Å². The fourth-order valence-corrected chi connectivity index (χ4v) is 2.90. The lowest BCUT2D eigenvalue weighted by Gasteiger charge is -2.11. The molecule has 2 heteroatoms. The predicted octanol–water partition coefficient (Wildman–Crippen LogP) is 5.83. The van der Waals surface area contributed by atoms with Crippen molar-refractivity contribution in [2.24, 2.45) is 5.92 Å². The van der Waals surface area contributed by atoms with Gasteiger partial charge in [0.25, 0.3) is 0 Å². The van der Waals surface area contributed by atoms with E-state index < -0.39 is 5.97 Å². The van der Waals surface area contributed by atoms with E-state index >= 15 is 0 Å². The first kappa shape index (κ1) is 18.5. The summed E-state index contributed by atoms with van der Waals surface area (Å²) in [4.78, 5) is 10.3. The van der Waals surface area contributed by atoms with Crippen LogP contribution in [-0.2, 0) is 4.79 Å². The van der Waals surface area contributed by atoms with Crippen molar-refractivity contribution >= 4 is 5.97 Å². The van der Waals surface area contributed by atoms with Crippen LogP contribution in [0.15, 0.2) is 48.1 Å². The standard InChI is InChI=1S/C20H30O2/c1-2-3-4-5-6-9-13-18-15-12-16-19(18)14-10-7-8-11-17-20(21)22/h7-8,10-11,14,16-18H,2-6,9,12-13,15H2,1H3,(H,21,22)/b8-7+,14-10?,17-11+/t18-/m0/s1. The molecule has 1 aliphatic carbocycles. The summed E-state index contributed by atoms with van der Waals surface area (Å²) < 4.78 is 0. The van der Waals surface area contributed by atoms with Gasteiger partial charge in [0.05, 0.1) is 0 Å². The first-order valence-corrected chi connectivity index (χ1v) is 8.68. The number of unbranched alkanes of at least 4 members (excludes halogenated alkanes) is 5. The smallest absolute Gasteiger partial charge is 0.328 e. The molecule has 0 heterocycles. The molecule has 0 saturated carbocycles. The highest BCUT2D eigenvalue weighted by Crippen LogP contribution is 2.31. The fraction of sp³-hybridized carbons (Fsp3) is 0.550. The summed E-state index contributed by atoms with van der Waals surface area (Å²) in [6, 6.07) is 0. The quantitative estimate of drug-likeness (QED) is 0.296. The summed E-state index contributed by atoms with van der Waals surface area (Å²) in [6.07, 6.45) is 24.8. The maximum absolute atomic E-state index is 10.3. The van der Waals surface area contributed by atoms with Crippen molar-refractivity contribution in [3.8, 4) is 0 Å². The minimum atomic E-state index is -0.911. The van der Waals surface area contributed by atoms with Crippen LogP contribution in [0.2, 0.25) is 0 Å². The van der Waals surface area contributed by atoms with Crippen molar-refractivity contribution in [3.05, 3.63) is 48.1 Å². The molecule has 1 N–H and O–H groups in total. The van der Waals surface area contributed by atoms with Gasteiger partial charge in [0.2, 0.25) is 0 Å². The molecule has 0 fully saturated rings. The maximum atomic E-state index is 10.3. The molecule has 0 spiro atoms. The number of carboxylic acid groups (broad SMARTS) is 1. The highest BCUT2D eigenvalue weighted by molar-refractivity contribution is 5.80. The molecule has 0 aromatic heterocycles. The van der Waals surface area contributed by atoms with E-state index in [9.17, 15) is 4.79 Å². The van der Waals surface area contributed by atoms with Crippen LogP contribution in [0.25, 0.3) is 0 Å². The van der Waals surface area contributed by atoms with Gasteiger partial charge in [-0.15, -0.1) is 0 Å². The third-order valence-corrected chi connectivity index (χ3v) is 4.13. The van der Waals surface area contributed by atoms with Crippen LogP contribution in [-0.4, -0.2) is 11.1 Å². The maximum Gasteiger partial charge on any atom is 0.328 e. The topological polar surface area (TPSA) is 37.3 Å². The molecule has 2 nitrogen and oxygen atoms in total. The zero-order valence-corrected chi connectivity index (χ0v) is 13.8. The van der Waals surface area contributed by atoms with Crippen LogP contribution in [0, 0.1) is 5.92 Å². The van der Waals surface area contributed by atoms with E-state index in [4.69, 9.17) is 5.11 Å². The molecule has 0 aromatic carbocycles. The van der Waals surface area contributed by atoms with Gasteiger partial charge in [-0.05, 0) is 30.8 Å². The van der Waals surface area contributed by atoms with Gasteiger partial charge < -0.3 is 5.11 Å². The molecular formula is C20H30O2. The van der Waals surface area contributed by atoms with Gasteiger partial charge in [0, 0.05) is 6.08 Å². The Morgan fingerprint density at radius 3 is 2.64 bits per heavy atom. The minimum absolute atomic E-state index is 0.727. The second-order valence-electron chi connectivity index (χ2n) is 5.98. The molecule has 122 valence electrons. The monoisotopic (exact) mass is 302 g/mol. The van der Waals surface area contributed by atoms with Gasteiger partial charge in [-0.2, -0.15) is 0 Å². The van der Waals surface area contributed by atoms with Crippen molar-refractivity contribution in [3.63, 3.8) is 0 Å². The van der Waals surface area contributed by atoms with E-state index in [0.717, 1.165) is 12.0 Å². The molecule has 22 heavy (non-hydrogen) atoms. The number of aliphatic carboxylic acids is 1. The summed E-state index contributed by atoms with van der Waals surface area (Å²) >= 11 is 0. The zero-order chi connectivity index (χ0) is 16.0. The molecule has 1 rings (SSSR count). The van der Waals surface area contributed by atoms with E-state index in [-0.39, 0.29) is 0 Å². The Bertz CT molecular complexity index is 427. The van der Waals surface area contributed by atoms with Crippen LogP contribution in [0.1, 0.15) is 64.7 Å². The third kappa shape index (κ3) is 8.66. The molecule has 0 aromatic rings. The van der Waals surface area contributed by atoms with Crippen molar-refractivity contribution < 1.29 is 9.90 Å². The molecule has 1 aliphatic rings. The van der Waals surface area contributed by atoms with Crippen molar-refractivity contribution in [2.45, 2.75) is 64.7 Å². The highest BCUT2D eigenvalue weighted by atomic mass is 16.4. The van der Waals surface area contributed by atoms with Gasteiger partial charge in [-0.1, -0.05) is 81.9 Å². The molecule has 0 saturated heterocycles. The number of carboxylic acids is 1. The first-order valence-electron chi connectivity index (χ1n) is 8.68. The summed E-state index contributed by atoms with van der Waals surface area (Å²) in [5.41, 5.74) is 1.46. The van der Waals surface area contributed by atoms with E-state index in [1.54, 1.807) is 12.2 Å². The summed E-state index contributed by atoms with van der Waals surface area (Å²) in [7, 11) is 0. The van der Waals surface area contributed by atoms with Crippen LogP contribution in [0.5, 0.6) is 0 Å². The Morgan fingerprint density at radius 2 is 1.86 bits per heavy atom. The van der Waals surface area contributed by atoms with E-state index in [1.807, 2.05) is 12.2 Å². The van der Waals surface area contributed by atoms with E-state index in [0.29, 0.717) is 0 Å². The zero-order valence-electron chi connectivity index (χ0n) is 13.8. The Morgan fingerprint density at radius 1 is 1.14 bits per heavy atom. The molecule has 0 bridgehead atoms. The van der Waals surface area contributed by atoms with Gasteiger partial charge >= 0.3 is 5.97 Å². The Hall–Kier alpha value is -1.57. The summed E-state index contributed by atoms with van der Waals surface area (Å²) in [6.45, 7) is 2.26. The first-order chi connectivity index (χ1) is 10.7. The lowest BCUT2D eigenvalue weighted by molar-refractivity contribution is -0.131. The number of rotatable bonds is 11. The average Bonchev–Trinajstić information content (AvgIpc) is 2.93. The Balaban J connectivity index is 2.23. The molecule has 0 radical (unpaired) electrons. The van der Waals surface area contributed by atoms with E-state index in [2.05, 4.69) is 19.1 Å². The summed E-state index contributed by atoms with van der Waals surface area (Å²) in [5.74, 6) is -0.184. The molecule has 0 amide bonds. The van der Waals surface area contributed by atoms with Crippen LogP contribution in [0.4, 0.5) is 0 Å². The number of hydrogen-bond donors (Lipinski definition) is 1. The third-order valence-electron chi connectivity index (χ3n) is 4.13. The predicted molar refractivity (Wildman–Crippen MR) is 93.9 cm³/mol. The lowest BCUT2D eigenvalue weighted by Crippen LogP contribution is -1.97. The number of allylic oxidation sites excluding steroid dienone is 7. The number of hydrogen-bond acceptors (Lipinski definition) is 1. The Labute approximate surface area is 135 Å². The highest BCUT2D eigenvalue weighted by Gasteiger charge is 2.16. The number of carbonyl (C=O) groups is 1.